The number of amides is 4. The van der Waals surface area contributed by atoms with E-state index < -0.39 is 12.1 Å². The van der Waals surface area contributed by atoms with Crippen molar-refractivity contribution in [2.24, 2.45) is 0 Å². The third-order valence-corrected chi connectivity index (χ3v) is 4.19. The van der Waals surface area contributed by atoms with Gasteiger partial charge in [0.2, 0.25) is 5.91 Å². The lowest BCUT2D eigenvalue weighted by atomic mass is 9.90. The van der Waals surface area contributed by atoms with E-state index in [2.05, 4.69) is 22.0 Å². The number of carbonyl (C=O) groups excluding carboxylic acids is 3. The Morgan fingerprint density at radius 2 is 2.05 bits per heavy atom. The summed E-state index contributed by atoms with van der Waals surface area (Å²) >= 11 is 0. The van der Waals surface area contributed by atoms with Crippen LogP contribution in [0.2, 0.25) is 0 Å². The van der Waals surface area contributed by atoms with E-state index >= 15 is 0 Å². The molecule has 0 radical (unpaired) electrons. The highest BCUT2D eigenvalue weighted by molar-refractivity contribution is 6.04. The van der Waals surface area contributed by atoms with Crippen LogP contribution in [0.15, 0.2) is 18.2 Å². The first kappa shape index (κ1) is 14.6. The molecule has 0 saturated carbocycles. The number of anilines is 1. The Morgan fingerprint density at radius 1 is 1.23 bits per heavy atom. The number of aryl methyl sites for hydroxylation is 1. The zero-order chi connectivity index (χ0) is 15.5. The van der Waals surface area contributed by atoms with Gasteiger partial charge in [0.25, 0.3) is 5.91 Å². The quantitative estimate of drug-likeness (QED) is 0.736. The molecular formula is C16H19N3O3. The highest BCUT2D eigenvalue weighted by atomic mass is 16.2. The van der Waals surface area contributed by atoms with Gasteiger partial charge in [-0.05, 0) is 49.3 Å². The molecule has 3 rings (SSSR count). The lowest BCUT2D eigenvalue weighted by Gasteiger charge is -2.19. The fourth-order valence-electron chi connectivity index (χ4n) is 3.05. The second kappa shape index (κ2) is 6.17. The summed E-state index contributed by atoms with van der Waals surface area (Å²) in [6, 6.07) is 4.90. The van der Waals surface area contributed by atoms with E-state index in [1.54, 1.807) is 0 Å². The standard InChI is InChI=1S/C16H19N3O3/c20-14(9-8-13-15(21)19-16(22)18-13)17-12-7-3-5-10-4-1-2-6-11(10)12/h3,5,7,13H,1-2,4,6,8-9H2,(H,17,20)(H2,18,19,21,22)/t13-/m1/s1. The molecule has 0 bridgehead atoms. The number of urea groups is 1. The monoisotopic (exact) mass is 301 g/mol. The van der Waals surface area contributed by atoms with Crippen LogP contribution in [0.3, 0.4) is 0 Å². The Morgan fingerprint density at radius 3 is 2.82 bits per heavy atom. The van der Waals surface area contributed by atoms with Crippen molar-refractivity contribution in [2.45, 2.75) is 44.6 Å². The van der Waals surface area contributed by atoms with E-state index in [1.165, 1.54) is 17.5 Å². The normalized spacial score (nSPS) is 20.1. The second-order valence-electron chi connectivity index (χ2n) is 5.75. The van der Waals surface area contributed by atoms with Gasteiger partial charge in [-0.25, -0.2) is 4.79 Å². The van der Waals surface area contributed by atoms with Crippen LogP contribution in [0.1, 0.15) is 36.8 Å². The van der Waals surface area contributed by atoms with Crippen LogP contribution in [-0.4, -0.2) is 23.9 Å². The molecule has 1 saturated heterocycles. The number of nitrogens with one attached hydrogen (secondary N) is 3. The minimum absolute atomic E-state index is 0.132. The Bertz CT molecular complexity index is 627. The van der Waals surface area contributed by atoms with Crippen LogP contribution in [0.25, 0.3) is 0 Å². The summed E-state index contributed by atoms with van der Waals surface area (Å²) in [6.07, 6.45) is 4.90. The molecule has 2 aliphatic rings. The van der Waals surface area contributed by atoms with Gasteiger partial charge in [0.05, 0.1) is 0 Å². The van der Waals surface area contributed by atoms with Gasteiger partial charge >= 0.3 is 6.03 Å². The minimum Gasteiger partial charge on any atom is -0.326 e. The van der Waals surface area contributed by atoms with Crippen LogP contribution in [0.4, 0.5) is 10.5 Å². The summed E-state index contributed by atoms with van der Waals surface area (Å²) in [5.74, 6) is -0.497. The molecule has 6 heteroatoms. The highest BCUT2D eigenvalue weighted by Crippen LogP contribution is 2.27. The molecule has 1 aromatic carbocycles. The largest absolute Gasteiger partial charge is 0.326 e. The topological polar surface area (TPSA) is 87.3 Å². The Labute approximate surface area is 128 Å². The molecule has 1 aromatic rings. The molecule has 3 N–H and O–H groups in total. The molecule has 1 fully saturated rings. The zero-order valence-electron chi connectivity index (χ0n) is 12.3. The molecule has 116 valence electrons. The van der Waals surface area contributed by atoms with Crippen molar-refractivity contribution in [1.29, 1.82) is 0 Å². The van der Waals surface area contributed by atoms with Crippen molar-refractivity contribution in [3.63, 3.8) is 0 Å². The van der Waals surface area contributed by atoms with Gasteiger partial charge in [-0.2, -0.15) is 0 Å². The van der Waals surface area contributed by atoms with Crippen molar-refractivity contribution in [2.75, 3.05) is 5.32 Å². The number of hydrogen-bond donors (Lipinski definition) is 3. The lowest BCUT2D eigenvalue weighted by molar-refractivity contribution is -0.120. The first-order chi connectivity index (χ1) is 10.6. The van der Waals surface area contributed by atoms with E-state index in [4.69, 9.17) is 0 Å². The molecule has 0 unspecified atom stereocenters. The third kappa shape index (κ3) is 3.10. The van der Waals surface area contributed by atoms with E-state index in [-0.39, 0.29) is 18.2 Å². The summed E-state index contributed by atoms with van der Waals surface area (Å²) in [4.78, 5) is 34.5. The first-order valence-electron chi connectivity index (χ1n) is 7.65. The zero-order valence-corrected chi connectivity index (χ0v) is 12.3. The lowest BCUT2D eigenvalue weighted by Crippen LogP contribution is -2.30. The van der Waals surface area contributed by atoms with Gasteiger partial charge in [-0.3, -0.25) is 14.9 Å². The van der Waals surface area contributed by atoms with Gasteiger partial charge in [-0.15, -0.1) is 0 Å². The Balaban J connectivity index is 1.58. The van der Waals surface area contributed by atoms with Crippen LogP contribution in [0.5, 0.6) is 0 Å². The number of carbonyl (C=O) groups is 3. The number of fused-ring (bicyclic) bond motifs is 1. The van der Waals surface area contributed by atoms with Crippen molar-refractivity contribution in [3.05, 3.63) is 29.3 Å². The smallest absolute Gasteiger partial charge is 0.322 e. The fourth-order valence-corrected chi connectivity index (χ4v) is 3.05. The second-order valence-corrected chi connectivity index (χ2v) is 5.75. The van der Waals surface area contributed by atoms with Gasteiger partial charge in [0, 0.05) is 12.1 Å². The summed E-state index contributed by atoms with van der Waals surface area (Å²) in [5.41, 5.74) is 3.42. The maximum Gasteiger partial charge on any atom is 0.322 e. The average molecular weight is 301 g/mol. The Kier molecular flexibility index (Phi) is 4.09. The number of benzene rings is 1. The molecular weight excluding hydrogens is 282 g/mol. The molecule has 0 aromatic heterocycles. The van der Waals surface area contributed by atoms with Crippen molar-refractivity contribution >= 4 is 23.5 Å². The van der Waals surface area contributed by atoms with E-state index in [0.717, 1.165) is 24.9 Å². The SMILES string of the molecule is O=C(CC[C@H]1NC(=O)NC1=O)Nc1cccc2c1CCCC2. The molecule has 22 heavy (non-hydrogen) atoms. The summed E-state index contributed by atoms with van der Waals surface area (Å²) in [5, 5.41) is 7.59. The van der Waals surface area contributed by atoms with E-state index in [1.807, 2.05) is 12.1 Å². The Hall–Kier alpha value is -2.37. The highest BCUT2D eigenvalue weighted by Gasteiger charge is 2.29. The van der Waals surface area contributed by atoms with E-state index in [0.29, 0.717) is 6.42 Å². The molecule has 4 amide bonds. The van der Waals surface area contributed by atoms with Gasteiger partial charge in [0.15, 0.2) is 0 Å². The van der Waals surface area contributed by atoms with Crippen molar-refractivity contribution < 1.29 is 14.4 Å². The molecule has 6 nitrogen and oxygen atoms in total. The van der Waals surface area contributed by atoms with Crippen molar-refractivity contribution in [1.82, 2.24) is 10.6 Å². The van der Waals surface area contributed by atoms with Crippen LogP contribution in [0, 0.1) is 0 Å². The first-order valence-corrected chi connectivity index (χ1v) is 7.65. The van der Waals surface area contributed by atoms with Crippen LogP contribution >= 0.6 is 0 Å². The van der Waals surface area contributed by atoms with Gasteiger partial charge < -0.3 is 10.6 Å². The molecule has 0 spiro atoms. The molecule has 1 aliphatic carbocycles. The molecule has 1 heterocycles. The number of hydrogen-bond acceptors (Lipinski definition) is 3. The average Bonchev–Trinajstić information content (AvgIpc) is 2.83. The van der Waals surface area contributed by atoms with E-state index in [9.17, 15) is 14.4 Å². The predicted molar refractivity (Wildman–Crippen MR) is 81.4 cm³/mol. The third-order valence-electron chi connectivity index (χ3n) is 4.19. The van der Waals surface area contributed by atoms with Gasteiger partial charge in [0.1, 0.15) is 6.04 Å². The summed E-state index contributed by atoms with van der Waals surface area (Å²) < 4.78 is 0. The fraction of sp³-hybridized carbons (Fsp3) is 0.438. The predicted octanol–water partition coefficient (Wildman–Crippen LogP) is 1.49. The summed E-state index contributed by atoms with van der Waals surface area (Å²) in [6.45, 7) is 0. The maximum absolute atomic E-state index is 12.1. The molecule has 1 aliphatic heterocycles. The van der Waals surface area contributed by atoms with Gasteiger partial charge in [-0.1, -0.05) is 12.1 Å². The number of rotatable bonds is 4. The molecule has 1 atom stereocenters. The van der Waals surface area contributed by atoms with Crippen LogP contribution in [-0.2, 0) is 22.4 Å². The minimum atomic E-state index is -0.608. The van der Waals surface area contributed by atoms with Crippen molar-refractivity contribution in [3.8, 4) is 0 Å². The summed E-state index contributed by atoms with van der Waals surface area (Å²) in [7, 11) is 0. The number of imide groups is 1. The van der Waals surface area contributed by atoms with Crippen LogP contribution < -0.4 is 16.0 Å². The maximum atomic E-state index is 12.1.